The quantitative estimate of drug-likeness (QED) is 0.0715. The third-order valence-corrected chi connectivity index (χ3v) is 11.3. The lowest BCUT2D eigenvalue weighted by Crippen LogP contribution is -2.74. The first-order chi connectivity index (χ1) is 27.8. The fourth-order valence-corrected chi connectivity index (χ4v) is 8.67. The van der Waals surface area contributed by atoms with Crippen molar-refractivity contribution in [2.45, 2.75) is 38.3 Å². The maximum Gasteiger partial charge on any atom is 0.269 e. The first kappa shape index (κ1) is 37.5. The molecule has 57 heavy (non-hydrogen) atoms. The summed E-state index contributed by atoms with van der Waals surface area (Å²) in [5.74, 6) is -0.745. The van der Waals surface area contributed by atoms with E-state index >= 15 is 0 Å². The first-order valence-corrected chi connectivity index (χ1v) is 19.5. The van der Waals surface area contributed by atoms with Gasteiger partial charge in [-0.25, -0.2) is 4.58 Å². The third kappa shape index (κ3) is 7.73. The van der Waals surface area contributed by atoms with Crippen molar-refractivity contribution >= 4 is 39.9 Å². The van der Waals surface area contributed by atoms with Crippen molar-refractivity contribution < 1.29 is 19.0 Å². The minimum absolute atomic E-state index is 0.0702. The van der Waals surface area contributed by atoms with E-state index in [2.05, 4.69) is 175 Å². The highest BCUT2D eigenvalue weighted by atomic mass is 16.7. The Kier molecular flexibility index (Phi) is 10.8. The maximum absolute atomic E-state index is 11.1. The van der Waals surface area contributed by atoms with E-state index < -0.39 is 11.9 Å². The van der Waals surface area contributed by atoms with Crippen LogP contribution in [0.2, 0.25) is 0 Å². The lowest BCUT2D eigenvalue weighted by Gasteiger charge is -2.44. The molecule has 6 nitrogen and oxygen atoms in total. The van der Waals surface area contributed by atoms with Crippen LogP contribution in [0.5, 0.6) is 0 Å². The van der Waals surface area contributed by atoms with Crippen LogP contribution in [0.3, 0.4) is 0 Å². The number of ether oxygens (including phenoxy) is 2. The molecule has 2 atom stereocenters. The molecule has 2 aliphatic heterocycles. The van der Waals surface area contributed by atoms with Crippen LogP contribution >= 0.6 is 0 Å². The van der Waals surface area contributed by atoms with Crippen molar-refractivity contribution in [2.75, 3.05) is 6.61 Å². The zero-order valence-corrected chi connectivity index (χ0v) is 32.2. The van der Waals surface area contributed by atoms with Crippen molar-refractivity contribution in [3.05, 3.63) is 221 Å². The Labute approximate surface area is 334 Å². The fourth-order valence-electron chi connectivity index (χ4n) is 8.67. The molecule has 2 aliphatic rings. The molecule has 0 N–H and O–H groups in total. The van der Waals surface area contributed by atoms with E-state index in [0.717, 1.165) is 11.1 Å². The van der Waals surface area contributed by atoms with Gasteiger partial charge in [0.25, 0.3) is 5.69 Å². The van der Waals surface area contributed by atoms with Crippen LogP contribution < -0.4 is 21.9 Å². The zero-order chi connectivity index (χ0) is 39.2. The van der Waals surface area contributed by atoms with Crippen LogP contribution in [0.4, 0.5) is 5.69 Å². The van der Waals surface area contributed by atoms with Gasteiger partial charge in [-0.15, -0.1) is 0 Å². The maximum atomic E-state index is 11.1. The molecule has 0 unspecified atom stereocenters. The summed E-state index contributed by atoms with van der Waals surface area (Å²) in [5.41, 5.74) is 11.1. The van der Waals surface area contributed by atoms with Gasteiger partial charge >= 0.3 is 0 Å². The van der Waals surface area contributed by atoms with E-state index in [1.807, 2.05) is 19.9 Å². The van der Waals surface area contributed by atoms with E-state index in [4.69, 9.17) is 9.47 Å². The molecule has 1 saturated heterocycles. The summed E-state index contributed by atoms with van der Waals surface area (Å²) in [6.07, 6.45) is 0.670. The van der Waals surface area contributed by atoms with E-state index in [1.165, 1.54) is 50.7 Å². The molecular weight excluding hydrogens is 703 g/mol. The van der Waals surface area contributed by atoms with Gasteiger partial charge in [0.2, 0.25) is 6.04 Å². The van der Waals surface area contributed by atoms with Gasteiger partial charge in [0.15, 0.2) is 18.5 Å². The molecule has 0 aliphatic carbocycles. The topological polar surface area (TPSA) is 64.6 Å². The molecule has 0 amide bonds. The smallest absolute Gasteiger partial charge is 0.269 e. The Balaban J connectivity index is 0.000000165. The largest absolute Gasteiger partial charge is 0.343 e. The number of benzene rings is 7. The van der Waals surface area contributed by atoms with E-state index in [1.54, 1.807) is 12.1 Å². The molecule has 7 aromatic rings. The normalized spacial score (nSPS) is 17.1. The monoisotopic (exact) mass is 748 g/mol. The van der Waals surface area contributed by atoms with Gasteiger partial charge in [-0.3, -0.25) is 10.1 Å². The molecule has 0 bridgehead atoms. The number of hydrogen-bond donors (Lipinski definition) is 0. The number of rotatable bonds is 7. The summed E-state index contributed by atoms with van der Waals surface area (Å²) < 4.78 is 14.7. The fraction of sp³-hybridized carbons (Fsp3) is 0.140. The SMILES string of the molecule is CC1(C)OC[C@H]([N+]2=Cc3ccccc3-c3ccccc3C2)[C@H](c2ccc([N+](=O)[O-])cc2)O1.c1ccc([B-](c2ccccc2)(c2ccccc2)c2ccccc2)cc1. The number of fused-ring (bicyclic) bond motifs is 3. The molecule has 0 spiro atoms. The molecule has 0 radical (unpaired) electrons. The molecular formula is C50H45BN2O4. The van der Waals surface area contributed by atoms with Crippen LogP contribution in [-0.2, 0) is 16.0 Å². The van der Waals surface area contributed by atoms with Crippen LogP contribution in [0.15, 0.2) is 194 Å². The second-order valence-electron chi connectivity index (χ2n) is 15.2. The Morgan fingerprint density at radius 3 is 1.56 bits per heavy atom. The minimum atomic E-state index is -1.22. The Morgan fingerprint density at radius 1 is 0.596 bits per heavy atom. The van der Waals surface area contributed by atoms with Gasteiger partial charge < -0.3 is 9.47 Å². The van der Waals surface area contributed by atoms with E-state index in [9.17, 15) is 10.1 Å². The highest BCUT2D eigenvalue weighted by Gasteiger charge is 2.44. The van der Waals surface area contributed by atoms with Gasteiger partial charge in [-0.1, -0.05) is 164 Å². The van der Waals surface area contributed by atoms with Gasteiger partial charge in [0.1, 0.15) is 18.9 Å². The van der Waals surface area contributed by atoms with Crippen LogP contribution in [0, 0.1) is 10.1 Å². The predicted octanol–water partition coefficient (Wildman–Crippen LogP) is 8.16. The van der Waals surface area contributed by atoms with Crippen LogP contribution in [0.25, 0.3) is 11.1 Å². The average molecular weight is 749 g/mol. The van der Waals surface area contributed by atoms with Crippen molar-refractivity contribution in [3.63, 3.8) is 0 Å². The molecule has 2 heterocycles. The van der Waals surface area contributed by atoms with Crippen molar-refractivity contribution in [3.8, 4) is 11.1 Å². The Bertz CT molecular complexity index is 2310. The van der Waals surface area contributed by atoms with Gasteiger partial charge in [0.05, 0.1) is 4.92 Å². The van der Waals surface area contributed by atoms with Crippen molar-refractivity contribution in [1.82, 2.24) is 0 Å². The standard InChI is InChI=1S/C26H25N2O4.C24H20B/c1-26(2)31-17-24(25(32-26)18-11-13-21(14-12-18)28(29)30)27-15-19-7-3-5-9-22(19)23-10-6-4-8-20(23)16-27;1-5-13-21(14-6-1)25(22-15-7-2-8-16-22,23-17-9-3-10-18-23)24-19-11-4-12-20-24/h3-15,24-25H,16-17H2,1-2H3;1-20H/q+1;-1/t24-,25-;/m0./s1. The lowest BCUT2D eigenvalue weighted by atomic mass is 9.13. The summed E-state index contributed by atoms with van der Waals surface area (Å²) in [6, 6.07) is 66.9. The molecule has 0 aromatic heterocycles. The lowest BCUT2D eigenvalue weighted by molar-refractivity contribution is -0.607. The highest BCUT2D eigenvalue weighted by Crippen LogP contribution is 2.37. The second-order valence-corrected chi connectivity index (χ2v) is 15.2. The number of nitrogens with zero attached hydrogens (tertiary/aromatic N) is 2. The summed E-state index contributed by atoms with van der Waals surface area (Å²) >= 11 is 0. The summed E-state index contributed by atoms with van der Waals surface area (Å²) in [5, 5.41) is 11.1. The number of nitro groups is 1. The van der Waals surface area contributed by atoms with E-state index in [-0.39, 0.29) is 22.8 Å². The predicted molar refractivity (Wildman–Crippen MR) is 232 cm³/mol. The molecule has 7 heteroatoms. The molecule has 1 fully saturated rings. The van der Waals surface area contributed by atoms with E-state index in [0.29, 0.717) is 13.2 Å². The van der Waals surface area contributed by atoms with Gasteiger partial charge in [0, 0.05) is 23.3 Å². The van der Waals surface area contributed by atoms with Crippen molar-refractivity contribution in [2.24, 2.45) is 0 Å². The number of hydrogen-bond acceptors (Lipinski definition) is 4. The Hall–Kier alpha value is -6.41. The molecule has 282 valence electrons. The van der Waals surface area contributed by atoms with Crippen LogP contribution in [0.1, 0.15) is 36.6 Å². The highest BCUT2D eigenvalue weighted by molar-refractivity contribution is 7.19. The third-order valence-electron chi connectivity index (χ3n) is 11.3. The summed E-state index contributed by atoms with van der Waals surface area (Å²) in [7, 11) is 0. The second kappa shape index (κ2) is 16.4. The zero-order valence-electron chi connectivity index (χ0n) is 32.2. The van der Waals surface area contributed by atoms with Gasteiger partial charge in [-0.2, -0.15) is 21.9 Å². The minimum Gasteiger partial charge on any atom is -0.343 e. The van der Waals surface area contributed by atoms with Crippen LogP contribution in [-0.4, -0.2) is 40.3 Å². The Morgan fingerprint density at radius 2 is 1.05 bits per heavy atom. The molecule has 9 rings (SSSR count). The molecule has 7 aromatic carbocycles. The van der Waals surface area contributed by atoms with Gasteiger partial charge in [-0.05, 0) is 48.7 Å². The molecule has 0 saturated carbocycles. The average Bonchev–Trinajstić information content (AvgIpc) is 3.42. The first-order valence-electron chi connectivity index (χ1n) is 19.5. The summed E-state index contributed by atoms with van der Waals surface area (Å²) in [6.45, 7) is 5.00. The number of nitro benzene ring substituents is 1. The number of non-ortho nitro benzene ring substituents is 1. The summed E-state index contributed by atoms with van der Waals surface area (Å²) in [4.78, 5) is 10.7. The van der Waals surface area contributed by atoms with Crippen molar-refractivity contribution in [1.29, 1.82) is 0 Å².